The Balaban J connectivity index is 2.11. The smallest absolute Gasteiger partial charge is 0.230 e. The molecule has 128 valence electrons. The Morgan fingerprint density at radius 3 is 2.71 bits per heavy atom. The van der Waals surface area contributed by atoms with Crippen molar-refractivity contribution in [2.24, 2.45) is 0 Å². The number of rotatable bonds is 3. The van der Waals surface area contributed by atoms with Crippen LogP contribution >= 0.6 is 11.6 Å². The SMILES string of the molecule is CC1COCCN1c1nc(Cl)nc(-c2ccccc2S(C)(=O)=O)n1. The Labute approximate surface area is 145 Å². The maximum absolute atomic E-state index is 12.0. The number of ether oxygens (including phenoxy) is 1. The van der Waals surface area contributed by atoms with Crippen LogP contribution in [0.25, 0.3) is 11.4 Å². The molecule has 1 aromatic carbocycles. The lowest BCUT2D eigenvalue weighted by molar-refractivity contribution is 0.0981. The molecule has 0 spiro atoms. The van der Waals surface area contributed by atoms with Crippen molar-refractivity contribution < 1.29 is 13.2 Å². The van der Waals surface area contributed by atoms with Crippen molar-refractivity contribution in [1.29, 1.82) is 0 Å². The zero-order valence-electron chi connectivity index (χ0n) is 13.3. The van der Waals surface area contributed by atoms with Crippen molar-refractivity contribution in [3.63, 3.8) is 0 Å². The molecule has 0 radical (unpaired) electrons. The van der Waals surface area contributed by atoms with Gasteiger partial charge < -0.3 is 9.64 Å². The van der Waals surface area contributed by atoms with Gasteiger partial charge in [0, 0.05) is 18.4 Å². The molecule has 2 aromatic rings. The van der Waals surface area contributed by atoms with Crippen LogP contribution in [0, 0.1) is 0 Å². The van der Waals surface area contributed by atoms with Gasteiger partial charge in [0.15, 0.2) is 15.7 Å². The molecule has 0 aliphatic carbocycles. The number of halogens is 1. The Morgan fingerprint density at radius 2 is 2.00 bits per heavy atom. The first kappa shape index (κ1) is 17.1. The number of nitrogens with zero attached hydrogens (tertiary/aromatic N) is 4. The first-order chi connectivity index (χ1) is 11.4. The number of hydrogen-bond donors (Lipinski definition) is 0. The Kier molecular flexibility index (Phi) is 4.71. The summed E-state index contributed by atoms with van der Waals surface area (Å²) >= 11 is 6.06. The summed E-state index contributed by atoms with van der Waals surface area (Å²) in [6.45, 7) is 3.77. The summed E-state index contributed by atoms with van der Waals surface area (Å²) in [5, 5.41) is 0.0250. The van der Waals surface area contributed by atoms with E-state index in [1.54, 1.807) is 18.2 Å². The second kappa shape index (κ2) is 6.62. The molecule has 0 amide bonds. The van der Waals surface area contributed by atoms with E-state index < -0.39 is 9.84 Å². The molecule has 7 nitrogen and oxygen atoms in total. The largest absolute Gasteiger partial charge is 0.377 e. The van der Waals surface area contributed by atoms with E-state index in [1.165, 1.54) is 6.07 Å². The topological polar surface area (TPSA) is 85.3 Å². The molecular weight excluding hydrogens is 352 g/mol. The molecule has 0 N–H and O–H groups in total. The summed E-state index contributed by atoms with van der Waals surface area (Å²) in [7, 11) is -3.42. The average Bonchev–Trinajstić information content (AvgIpc) is 2.54. The summed E-state index contributed by atoms with van der Waals surface area (Å²) in [5.41, 5.74) is 0.409. The molecule has 0 bridgehead atoms. The summed E-state index contributed by atoms with van der Waals surface area (Å²) in [4.78, 5) is 14.9. The summed E-state index contributed by atoms with van der Waals surface area (Å²) in [6.07, 6.45) is 1.15. The molecule has 24 heavy (non-hydrogen) atoms. The van der Waals surface area contributed by atoms with Crippen LogP contribution in [-0.2, 0) is 14.6 Å². The summed E-state index contributed by atoms with van der Waals surface area (Å²) < 4.78 is 29.5. The van der Waals surface area contributed by atoms with Crippen LogP contribution in [-0.4, -0.2) is 55.4 Å². The van der Waals surface area contributed by atoms with Crippen molar-refractivity contribution in [3.05, 3.63) is 29.5 Å². The van der Waals surface area contributed by atoms with Gasteiger partial charge in [-0.2, -0.15) is 15.0 Å². The zero-order valence-corrected chi connectivity index (χ0v) is 14.9. The van der Waals surface area contributed by atoms with Gasteiger partial charge in [0.2, 0.25) is 11.2 Å². The molecule has 1 aliphatic heterocycles. The first-order valence-electron chi connectivity index (χ1n) is 7.41. The lowest BCUT2D eigenvalue weighted by Gasteiger charge is -2.33. The Morgan fingerprint density at radius 1 is 1.25 bits per heavy atom. The van der Waals surface area contributed by atoms with E-state index in [2.05, 4.69) is 15.0 Å². The first-order valence-corrected chi connectivity index (χ1v) is 9.68. The Hall–Kier alpha value is -1.77. The van der Waals surface area contributed by atoms with Crippen molar-refractivity contribution in [3.8, 4) is 11.4 Å². The van der Waals surface area contributed by atoms with Gasteiger partial charge in [-0.1, -0.05) is 12.1 Å². The summed E-state index contributed by atoms with van der Waals surface area (Å²) in [6, 6.07) is 6.68. The predicted octanol–water partition coefficient (Wildman–Crippen LogP) is 1.82. The molecule has 1 fully saturated rings. The van der Waals surface area contributed by atoms with Crippen LogP contribution in [0.15, 0.2) is 29.2 Å². The van der Waals surface area contributed by atoms with Crippen LogP contribution in [0.5, 0.6) is 0 Å². The molecule has 0 saturated carbocycles. The molecule has 1 unspecified atom stereocenters. The van der Waals surface area contributed by atoms with Crippen LogP contribution in [0.4, 0.5) is 5.95 Å². The van der Waals surface area contributed by atoms with Gasteiger partial charge in [-0.15, -0.1) is 0 Å². The van der Waals surface area contributed by atoms with E-state index in [1.807, 2.05) is 11.8 Å². The molecule has 1 atom stereocenters. The fourth-order valence-corrected chi connectivity index (χ4v) is 3.63. The predicted molar refractivity (Wildman–Crippen MR) is 91.0 cm³/mol. The molecule has 1 aliphatic rings. The van der Waals surface area contributed by atoms with Gasteiger partial charge in [0.05, 0.1) is 24.2 Å². The number of morpholine rings is 1. The second-order valence-electron chi connectivity index (χ2n) is 5.61. The second-order valence-corrected chi connectivity index (χ2v) is 7.94. The minimum absolute atomic E-state index is 0.0250. The normalized spacial score (nSPS) is 18.6. The average molecular weight is 369 g/mol. The van der Waals surface area contributed by atoms with Gasteiger partial charge in [-0.3, -0.25) is 0 Å². The fraction of sp³-hybridized carbons (Fsp3) is 0.400. The maximum Gasteiger partial charge on any atom is 0.230 e. The van der Waals surface area contributed by atoms with Gasteiger partial charge in [0.1, 0.15) is 0 Å². The highest BCUT2D eigenvalue weighted by molar-refractivity contribution is 7.90. The van der Waals surface area contributed by atoms with Crippen LogP contribution in [0.2, 0.25) is 5.28 Å². The van der Waals surface area contributed by atoms with Crippen molar-refractivity contribution in [2.45, 2.75) is 17.9 Å². The third-order valence-corrected chi connectivity index (χ3v) is 5.07. The minimum Gasteiger partial charge on any atom is -0.377 e. The van der Waals surface area contributed by atoms with E-state index in [9.17, 15) is 8.42 Å². The molecule has 3 rings (SSSR count). The zero-order chi connectivity index (χ0) is 17.3. The lowest BCUT2D eigenvalue weighted by Crippen LogP contribution is -2.44. The van der Waals surface area contributed by atoms with Crippen LogP contribution < -0.4 is 4.90 Å². The lowest BCUT2D eigenvalue weighted by atomic mass is 10.2. The van der Waals surface area contributed by atoms with E-state index in [0.717, 1.165) is 6.26 Å². The Bertz CT molecular complexity index is 860. The number of aromatic nitrogens is 3. The number of anilines is 1. The quantitative estimate of drug-likeness (QED) is 0.816. The van der Waals surface area contributed by atoms with Crippen molar-refractivity contribution in [1.82, 2.24) is 15.0 Å². The minimum atomic E-state index is -3.42. The van der Waals surface area contributed by atoms with Crippen molar-refractivity contribution >= 4 is 27.4 Å². The van der Waals surface area contributed by atoms with E-state index in [-0.39, 0.29) is 22.0 Å². The van der Waals surface area contributed by atoms with Gasteiger partial charge in [-0.05, 0) is 30.7 Å². The molecule has 9 heteroatoms. The molecule has 1 aromatic heterocycles. The maximum atomic E-state index is 12.0. The summed E-state index contributed by atoms with van der Waals surface area (Å²) in [5.74, 6) is 0.661. The highest BCUT2D eigenvalue weighted by atomic mass is 35.5. The number of sulfone groups is 1. The number of benzene rings is 1. The molecule has 1 saturated heterocycles. The monoisotopic (exact) mass is 368 g/mol. The van der Waals surface area contributed by atoms with Gasteiger partial charge in [0.25, 0.3) is 0 Å². The van der Waals surface area contributed by atoms with Crippen molar-refractivity contribution in [2.75, 3.05) is 30.9 Å². The van der Waals surface area contributed by atoms with Crippen LogP contribution in [0.3, 0.4) is 0 Å². The third kappa shape index (κ3) is 3.50. The molecular formula is C15H17ClN4O3S. The number of hydrogen-bond acceptors (Lipinski definition) is 7. The van der Waals surface area contributed by atoms with Gasteiger partial charge >= 0.3 is 0 Å². The van der Waals surface area contributed by atoms with Crippen LogP contribution in [0.1, 0.15) is 6.92 Å². The van der Waals surface area contributed by atoms with Gasteiger partial charge in [-0.25, -0.2) is 8.42 Å². The van der Waals surface area contributed by atoms with E-state index in [4.69, 9.17) is 16.3 Å². The molecule has 2 heterocycles. The van der Waals surface area contributed by atoms with E-state index in [0.29, 0.717) is 31.3 Å². The standard InChI is InChI=1S/C15H17ClN4O3S/c1-10-9-23-8-7-20(10)15-18-13(17-14(16)19-15)11-5-3-4-6-12(11)24(2,21)22/h3-6,10H,7-9H2,1-2H3. The highest BCUT2D eigenvalue weighted by Gasteiger charge is 2.24. The van der Waals surface area contributed by atoms with E-state index >= 15 is 0 Å². The highest BCUT2D eigenvalue weighted by Crippen LogP contribution is 2.27. The third-order valence-electron chi connectivity index (χ3n) is 3.75. The fourth-order valence-electron chi connectivity index (χ4n) is 2.59.